The number of hydrogen-bond donors (Lipinski definition) is 2. The van der Waals surface area contributed by atoms with E-state index < -0.39 is 10.0 Å². The van der Waals surface area contributed by atoms with Crippen molar-refractivity contribution in [1.82, 2.24) is 14.9 Å². The second kappa shape index (κ2) is 8.15. The normalized spacial score (nSPS) is 26.1. The number of likely N-dealkylation sites (tertiary alicyclic amines) is 1. The maximum Gasteiger partial charge on any atom is 0.208 e. The lowest BCUT2D eigenvalue weighted by atomic mass is 9.82. The van der Waals surface area contributed by atoms with Gasteiger partial charge in [0.2, 0.25) is 10.0 Å². The molecule has 22 heavy (non-hydrogen) atoms. The van der Waals surface area contributed by atoms with Crippen LogP contribution >= 0.6 is 0 Å². The summed E-state index contributed by atoms with van der Waals surface area (Å²) >= 11 is 0. The van der Waals surface area contributed by atoms with E-state index in [4.69, 9.17) is 0 Å². The number of fused-ring (bicyclic) bond motifs is 1. The Morgan fingerprint density at radius 3 is 2.41 bits per heavy atom. The Morgan fingerprint density at radius 2 is 1.86 bits per heavy atom. The number of rotatable bonds is 6. The summed E-state index contributed by atoms with van der Waals surface area (Å²) in [6.45, 7) is 6.30. The molecule has 2 N–H and O–H groups in total. The summed E-state index contributed by atoms with van der Waals surface area (Å²) in [5, 5.41) is 3.38. The van der Waals surface area contributed by atoms with Gasteiger partial charge in [-0.25, -0.2) is 13.1 Å². The molecule has 2 atom stereocenters. The van der Waals surface area contributed by atoms with Crippen LogP contribution in [0.1, 0.15) is 39.0 Å². The van der Waals surface area contributed by atoms with Crippen LogP contribution in [0.2, 0.25) is 0 Å². The number of guanidine groups is 1. The van der Waals surface area contributed by atoms with Crippen molar-refractivity contribution in [2.24, 2.45) is 16.8 Å². The summed E-state index contributed by atoms with van der Waals surface area (Å²) in [6, 6.07) is 0. The van der Waals surface area contributed by atoms with E-state index in [1.165, 1.54) is 31.9 Å². The predicted octanol–water partition coefficient (Wildman–Crippen LogP) is 1.01. The molecule has 2 unspecified atom stereocenters. The molecule has 0 aromatic heterocycles. The van der Waals surface area contributed by atoms with Crippen molar-refractivity contribution >= 4 is 16.0 Å². The Kier molecular flexibility index (Phi) is 6.50. The van der Waals surface area contributed by atoms with Crippen LogP contribution in [-0.2, 0) is 10.0 Å². The average Bonchev–Trinajstić information content (AvgIpc) is 2.88. The van der Waals surface area contributed by atoms with Crippen molar-refractivity contribution in [3.05, 3.63) is 0 Å². The largest absolute Gasteiger partial charge is 0.357 e. The van der Waals surface area contributed by atoms with E-state index in [1.54, 1.807) is 0 Å². The minimum atomic E-state index is -3.09. The van der Waals surface area contributed by atoms with Crippen molar-refractivity contribution in [3.8, 4) is 0 Å². The standard InChI is InChI=1S/C15H30N4O2S/c1-3-16-15(17-9-6-10-18-22(2,20)21)19-11-13-7-4-5-8-14(13)12-19/h13-14,18H,3-12H2,1-2H3,(H,16,17). The van der Waals surface area contributed by atoms with Crippen LogP contribution in [0.4, 0.5) is 0 Å². The first kappa shape index (κ1) is 17.5. The van der Waals surface area contributed by atoms with Crippen molar-refractivity contribution in [1.29, 1.82) is 0 Å². The van der Waals surface area contributed by atoms with Crippen LogP contribution in [0.5, 0.6) is 0 Å². The van der Waals surface area contributed by atoms with E-state index >= 15 is 0 Å². The molecule has 7 heteroatoms. The van der Waals surface area contributed by atoms with Gasteiger partial charge in [0, 0.05) is 32.7 Å². The molecule has 0 aromatic carbocycles. The zero-order valence-electron chi connectivity index (χ0n) is 13.8. The zero-order valence-corrected chi connectivity index (χ0v) is 14.7. The Hall–Kier alpha value is -0.820. The molecule has 1 heterocycles. The second-order valence-corrected chi connectivity index (χ2v) is 8.30. The molecule has 0 bridgehead atoms. The molecule has 0 radical (unpaired) electrons. The quantitative estimate of drug-likeness (QED) is 0.433. The van der Waals surface area contributed by atoms with Crippen LogP contribution in [0.15, 0.2) is 4.99 Å². The number of sulfonamides is 1. The summed E-state index contributed by atoms with van der Waals surface area (Å²) in [7, 11) is -3.09. The molecule has 0 aromatic rings. The molecule has 6 nitrogen and oxygen atoms in total. The van der Waals surface area contributed by atoms with Gasteiger partial charge in [-0.15, -0.1) is 0 Å². The zero-order chi connectivity index (χ0) is 16.0. The highest BCUT2D eigenvalue weighted by atomic mass is 32.2. The van der Waals surface area contributed by atoms with E-state index in [-0.39, 0.29) is 0 Å². The summed E-state index contributed by atoms with van der Waals surface area (Å²) < 4.78 is 24.5. The second-order valence-electron chi connectivity index (χ2n) is 6.47. The lowest BCUT2D eigenvalue weighted by molar-refractivity contribution is 0.299. The highest BCUT2D eigenvalue weighted by Crippen LogP contribution is 2.35. The van der Waals surface area contributed by atoms with Gasteiger partial charge < -0.3 is 10.2 Å². The van der Waals surface area contributed by atoms with Crippen LogP contribution in [-0.4, -0.2) is 58.3 Å². The molecule has 0 spiro atoms. The molecule has 0 amide bonds. The molecule has 2 rings (SSSR count). The van der Waals surface area contributed by atoms with E-state index in [1.807, 2.05) is 0 Å². The Labute approximate surface area is 134 Å². The van der Waals surface area contributed by atoms with Crippen LogP contribution in [0.25, 0.3) is 0 Å². The van der Waals surface area contributed by atoms with Gasteiger partial charge in [0.15, 0.2) is 5.96 Å². The molecule has 1 saturated carbocycles. The average molecular weight is 330 g/mol. The summed E-state index contributed by atoms with van der Waals surface area (Å²) in [4.78, 5) is 7.07. The van der Waals surface area contributed by atoms with Crippen molar-refractivity contribution in [3.63, 3.8) is 0 Å². The van der Waals surface area contributed by atoms with Crippen LogP contribution in [0, 0.1) is 11.8 Å². The Morgan fingerprint density at radius 1 is 1.23 bits per heavy atom. The molecule has 1 aliphatic carbocycles. The first-order valence-electron chi connectivity index (χ1n) is 8.47. The SMILES string of the molecule is CCNC(=NCCCNS(C)(=O)=O)N1CC2CCCCC2C1. The molecular formula is C15H30N4O2S. The van der Waals surface area contributed by atoms with Gasteiger partial charge in [-0.05, 0) is 38.0 Å². The Bertz CT molecular complexity index is 464. The predicted molar refractivity (Wildman–Crippen MR) is 90.5 cm³/mol. The molecule has 1 saturated heterocycles. The first-order valence-corrected chi connectivity index (χ1v) is 10.4. The van der Waals surface area contributed by atoms with Gasteiger partial charge in [0.25, 0.3) is 0 Å². The van der Waals surface area contributed by atoms with Gasteiger partial charge in [-0.2, -0.15) is 0 Å². The van der Waals surface area contributed by atoms with Crippen molar-refractivity contribution in [2.75, 3.05) is 39.0 Å². The molecular weight excluding hydrogens is 300 g/mol. The minimum Gasteiger partial charge on any atom is -0.357 e. The van der Waals surface area contributed by atoms with E-state index in [2.05, 4.69) is 26.9 Å². The highest BCUT2D eigenvalue weighted by Gasteiger charge is 2.35. The lowest BCUT2D eigenvalue weighted by Gasteiger charge is -2.22. The third-order valence-corrected chi connectivity index (χ3v) is 5.30. The Balaban J connectivity index is 1.82. The van der Waals surface area contributed by atoms with Crippen molar-refractivity contribution in [2.45, 2.75) is 39.0 Å². The van der Waals surface area contributed by atoms with E-state index in [0.717, 1.165) is 43.9 Å². The monoisotopic (exact) mass is 330 g/mol. The smallest absolute Gasteiger partial charge is 0.208 e. The topological polar surface area (TPSA) is 73.8 Å². The molecule has 1 aliphatic heterocycles. The van der Waals surface area contributed by atoms with E-state index in [9.17, 15) is 8.42 Å². The van der Waals surface area contributed by atoms with E-state index in [0.29, 0.717) is 13.1 Å². The maximum atomic E-state index is 11.0. The minimum absolute atomic E-state index is 0.451. The fourth-order valence-corrected chi connectivity index (χ4v) is 4.04. The van der Waals surface area contributed by atoms with Crippen molar-refractivity contribution < 1.29 is 8.42 Å². The third-order valence-electron chi connectivity index (χ3n) is 4.57. The number of hydrogen-bond acceptors (Lipinski definition) is 3. The number of nitrogens with zero attached hydrogens (tertiary/aromatic N) is 2. The van der Waals surface area contributed by atoms with Gasteiger partial charge in [0.05, 0.1) is 6.26 Å². The van der Waals surface area contributed by atoms with Crippen LogP contribution in [0.3, 0.4) is 0 Å². The van der Waals surface area contributed by atoms with Gasteiger partial charge in [0.1, 0.15) is 0 Å². The third kappa shape index (κ3) is 5.43. The molecule has 2 aliphatic rings. The highest BCUT2D eigenvalue weighted by molar-refractivity contribution is 7.88. The lowest BCUT2D eigenvalue weighted by Crippen LogP contribution is -2.40. The van der Waals surface area contributed by atoms with Gasteiger partial charge >= 0.3 is 0 Å². The van der Waals surface area contributed by atoms with Gasteiger partial charge in [-0.3, -0.25) is 4.99 Å². The summed E-state index contributed by atoms with van der Waals surface area (Å²) in [5.41, 5.74) is 0. The maximum absolute atomic E-state index is 11.0. The molecule has 128 valence electrons. The fraction of sp³-hybridized carbons (Fsp3) is 0.933. The summed E-state index contributed by atoms with van der Waals surface area (Å²) in [6.07, 6.45) is 7.38. The number of nitrogens with one attached hydrogen (secondary N) is 2. The number of aliphatic imine (C=N–C) groups is 1. The van der Waals surface area contributed by atoms with Crippen LogP contribution < -0.4 is 10.0 Å². The molecule has 2 fully saturated rings. The first-order chi connectivity index (χ1) is 10.5. The summed E-state index contributed by atoms with van der Waals surface area (Å²) in [5.74, 6) is 2.67. The fourth-order valence-electron chi connectivity index (χ4n) is 3.53. The van der Waals surface area contributed by atoms with Gasteiger partial charge in [-0.1, -0.05) is 12.8 Å².